The molecular weight excluding hydrogens is 262 g/mol. The second-order valence-corrected chi connectivity index (χ2v) is 10.1. The van der Waals surface area contributed by atoms with Crippen molar-refractivity contribution >= 4 is 36.5 Å². The van der Waals surface area contributed by atoms with E-state index in [9.17, 15) is 4.39 Å². The molecule has 90 valence electrons. The van der Waals surface area contributed by atoms with E-state index in [0.717, 1.165) is 18.1 Å². The van der Waals surface area contributed by atoms with Crippen molar-refractivity contribution in [1.82, 2.24) is 0 Å². The maximum atomic E-state index is 14.1. The Kier molecular flexibility index (Phi) is 4.83. The number of rotatable bonds is 4. The fraction of sp³-hybridized carbons (Fsp3) is 0.500. The Hall–Kier alpha value is -0.0531. The van der Waals surface area contributed by atoms with Crippen LogP contribution < -0.4 is 5.19 Å². The van der Waals surface area contributed by atoms with Crippen LogP contribution in [-0.2, 0) is 0 Å². The van der Waals surface area contributed by atoms with Gasteiger partial charge in [0.05, 0.1) is 13.1 Å². The highest BCUT2D eigenvalue weighted by Gasteiger charge is 2.34. The Morgan fingerprint density at radius 3 is 1.88 bits per heavy atom. The molecule has 0 heterocycles. The van der Waals surface area contributed by atoms with Crippen molar-refractivity contribution < 1.29 is 4.39 Å². The number of benzene rings is 1. The highest BCUT2D eigenvalue weighted by Crippen LogP contribution is 2.28. The summed E-state index contributed by atoms with van der Waals surface area (Å²) in [5.74, 6) is -0.300. The van der Waals surface area contributed by atoms with Gasteiger partial charge in [-0.2, -0.15) is 0 Å². The second kappa shape index (κ2) is 5.52. The minimum absolute atomic E-state index is 0.187. The van der Waals surface area contributed by atoms with Gasteiger partial charge in [0.1, 0.15) is 5.82 Å². The molecule has 0 unspecified atom stereocenters. The van der Waals surface area contributed by atoms with Gasteiger partial charge in [0.25, 0.3) is 0 Å². The molecule has 0 saturated heterocycles. The molecule has 0 nitrogen and oxygen atoms in total. The summed E-state index contributed by atoms with van der Waals surface area (Å²) in [5, 5.41) is 1.44. The third-order valence-corrected chi connectivity index (χ3v) is 9.98. The van der Waals surface area contributed by atoms with Gasteiger partial charge < -0.3 is 0 Å². The lowest BCUT2D eigenvalue weighted by Gasteiger charge is -2.30. The van der Waals surface area contributed by atoms with E-state index in [1.54, 1.807) is 6.07 Å². The van der Waals surface area contributed by atoms with Gasteiger partial charge in [-0.3, -0.25) is 0 Å². The van der Waals surface area contributed by atoms with E-state index in [1.165, 1.54) is 6.07 Å². The van der Waals surface area contributed by atoms with Crippen molar-refractivity contribution in [2.75, 3.05) is 0 Å². The first kappa shape index (κ1) is 14.0. The van der Waals surface area contributed by atoms with E-state index in [4.69, 9.17) is 23.2 Å². The molecule has 1 rings (SSSR count). The Bertz CT molecular complexity index is 367. The van der Waals surface area contributed by atoms with Crippen molar-refractivity contribution in [3.63, 3.8) is 0 Å². The molecule has 0 atom stereocenters. The van der Waals surface area contributed by atoms with Crippen LogP contribution in [0.15, 0.2) is 12.1 Å². The molecule has 0 fully saturated rings. The molecule has 0 amide bonds. The zero-order valence-corrected chi connectivity index (χ0v) is 12.4. The molecule has 0 aliphatic carbocycles. The van der Waals surface area contributed by atoms with E-state index < -0.39 is 8.07 Å². The van der Waals surface area contributed by atoms with Gasteiger partial charge in [-0.25, -0.2) is 4.39 Å². The van der Waals surface area contributed by atoms with Gasteiger partial charge >= 0.3 is 0 Å². The minimum atomic E-state index is -1.81. The van der Waals surface area contributed by atoms with Crippen LogP contribution in [0.2, 0.25) is 28.2 Å². The van der Waals surface area contributed by atoms with Crippen LogP contribution in [0, 0.1) is 5.82 Å². The molecule has 0 N–H and O–H groups in total. The van der Waals surface area contributed by atoms with Crippen molar-refractivity contribution in [2.45, 2.75) is 38.9 Å². The summed E-state index contributed by atoms with van der Waals surface area (Å²) in [6.45, 7) is 6.36. The zero-order chi connectivity index (χ0) is 12.3. The fourth-order valence-corrected chi connectivity index (χ4v) is 7.03. The van der Waals surface area contributed by atoms with E-state index in [0.29, 0.717) is 10.2 Å². The molecule has 1 aromatic carbocycles. The van der Waals surface area contributed by atoms with E-state index in [1.807, 2.05) is 0 Å². The van der Waals surface area contributed by atoms with Crippen molar-refractivity contribution in [3.8, 4) is 0 Å². The van der Waals surface area contributed by atoms with Crippen LogP contribution in [-0.4, -0.2) is 8.07 Å². The number of halogens is 3. The predicted octanol–water partition coefficient (Wildman–Crippen LogP) is 4.85. The Morgan fingerprint density at radius 2 is 1.44 bits per heavy atom. The highest BCUT2D eigenvalue weighted by atomic mass is 35.5. The minimum Gasteiger partial charge on any atom is -0.205 e. The van der Waals surface area contributed by atoms with E-state index in [-0.39, 0.29) is 10.8 Å². The number of hydrogen-bond acceptors (Lipinski definition) is 0. The van der Waals surface area contributed by atoms with Crippen LogP contribution in [0.1, 0.15) is 20.8 Å². The molecule has 0 aliphatic heterocycles. The summed E-state index contributed by atoms with van der Waals surface area (Å²) in [7, 11) is -1.81. The standard InChI is InChI=1S/C12H17Cl2FSi/c1-4-16(5-2,6-3)12-10(14)8-7-9(13)11(12)15/h7-8H,4-6H2,1-3H3. The molecule has 4 heteroatoms. The van der Waals surface area contributed by atoms with Crippen molar-refractivity contribution in [2.24, 2.45) is 0 Å². The summed E-state index contributed by atoms with van der Waals surface area (Å²) < 4.78 is 14.1. The van der Waals surface area contributed by atoms with Crippen LogP contribution in [0.3, 0.4) is 0 Å². The lowest BCUT2D eigenvalue weighted by molar-refractivity contribution is 0.635. The summed E-state index contributed by atoms with van der Waals surface area (Å²) in [6, 6.07) is 6.23. The molecule has 1 aromatic rings. The average Bonchev–Trinajstić information content (AvgIpc) is 2.30. The maximum Gasteiger partial charge on any atom is 0.142 e. The first-order valence-corrected chi connectivity index (χ1v) is 9.04. The van der Waals surface area contributed by atoms with Crippen molar-refractivity contribution in [1.29, 1.82) is 0 Å². The second-order valence-electron chi connectivity index (χ2n) is 4.06. The van der Waals surface area contributed by atoms with E-state index in [2.05, 4.69) is 20.8 Å². The van der Waals surface area contributed by atoms with Gasteiger partial charge in [0, 0.05) is 5.02 Å². The smallest absolute Gasteiger partial charge is 0.142 e. The zero-order valence-electron chi connectivity index (χ0n) is 9.91. The fourth-order valence-electron chi connectivity index (χ4n) is 2.29. The Labute approximate surface area is 108 Å². The van der Waals surface area contributed by atoms with Gasteiger partial charge in [0.2, 0.25) is 0 Å². The van der Waals surface area contributed by atoms with Crippen LogP contribution in [0.5, 0.6) is 0 Å². The molecule has 0 aromatic heterocycles. The topological polar surface area (TPSA) is 0 Å². The summed E-state index contributed by atoms with van der Waals surface area (Å²) in [6.07, 6.45) is 0. The van der Waals surface area contributed by atoms with Crippen LogP contribution in [0.25, 0.3) is 0 Å². The van der Waals surface area contributed by atoms with Gasteiger partial charge in [-0.15, -0.1) is 0 Å². The normalized spacial score (nSPS) is 11.9. The highest BCUT2D eigenvalue weighted by molar-refractivity contribution is 6.93. The summed E-state index contributed by atoms with van der Waals surface area (Å²) >= 11 is 12.0. The molecule has 0 aliphatic rings. The van der Waals surface area contributed by atoms with Crippen LogP contribution in [0.4, 0.5) is 4.39 Å². The summed E-state index contributed by atoms with van der Waals surface area (Å²) in [4.78, 5) is 0. The predicted molar refractivity (Wildman–Crippen MR) is 73.3 cm³/mol. The quantitative estimate of drug-likeness (QED) is 0.546. The van der Waals surface area contributed by atoms with E-state index >= 15 is 0 Å². The monoisotopic (exact) mass is 278 g/mol. The Balaban J connectivity index is 3.45. The maximum absolute atomic E-state index is 14.1. The SMILES string of the molecule is CC[Si](CC)(CC)c1c(Cl)ccc(Cl)c1F. The largest absolute Gasteiger partial charge is 0.205 e. The molecular formula is C12H17Cl2FSi. The lowest BCUT2D eigenvalue weighted by atomic mass is 10.3. The molecule has 0 bridgehead atoms. The first-order valence-electron chi connectivity index (χ1n) is 5.66. The van der Waals surface area contributed by atoms with Crippen LogP contribution >= 0.6 is 23.2 Å². The third kappa shape index (κ3) is 2.29. The number of hydrogen-bond donors (Lipinski definition) is 0. The molecule has 16 heavy (non-hydrogen) atoms. The molecule has 0 saturated carbocycles. The van der Waals surface area contributed by atoms with Gasteiger partial charge in [-0.1, -0.05) is 62.1 Å². The summed E-state index contributed by atoms with van der Waals surface area (Å²) in [5.41, 5.74) is 0. The molecule has 0 spiro atoms. The lowest BCUT2D eigenvalue weighted by Crippen LogP contribution is -2.48. The van der Waals surface area contributed by atoms with Gasteiger partial charge in [-0.05, 0) is 17.3 Å². The Morgan fingerprint density at radius 1 is 1.00 bits per heavy atom. The third-order valence-electron chi connectivity index (χ3n) is 3.60. The van der Waals surface area contributed by atoms with Crippen molar-refractivity contribution in [3.05, 3.63) is 28.0 Å². The van der Waals surface area contributed by atoms with Gasteiger partial charge in [0.15, 0.2) is 0 Å². The first-order chi connectivity index (χ1) is 7.52. The molecule has 0 radical (unpaired) electrons. The average molecular weight is 279 g/mol.